The van der Waals surface area contributed by atoms with Crippen LogP contribution in [0.15, 0.2) is 42.6 Å². The van der Waals surface area contributed by atoms with Gasteiger partial charge in [0.15, 0.2) is 0 Å². The Bertz CT molecular complexity index is 875. The second kappa shape index (κ2) is 9.79. The van der Waals surface area contributed by atoms with Gasteiger partial charge in [-0.3, -0.25) is 14.5 Å². The first-order valence-electron chi connectivity index (χ1n) is 9.64. The van der Waals surface area contributed by atoms with Crippen LogP contribution in [0.25, 0.3) is 0 Å². The topological polar surface area (TPSA) is 112 Å². The normalized spacial score (nSPS) is 14.6. The highest BCUT2D eigenvalue weighted by Crippen LogP contribution is 2.17. The van der Waals surface area contributed by atoms with E-state index in [0.717, 1.165) is 25.9 Å². The van der Waals surface area contributed by atoms with Gasteiger partial charge in [-0.1, -0.05) is 18.9 Å². The van der Waals surface area contributed by atoms with Gasteiger partial charge in [0.1, 0.15) is 5.69 Å². The number of carboxylic acids is 1. The predicted molar refractivity (Wildman–Crippen MR) is 109 cm³/mol. The number of hydrogen-bond acceptors (Lipinski definition) is 5. The number of benzene rings is 1. The number of carboxylic acid groups (broad SMARTS) is 1. The van der Waals surface area contributed by atoms with Crippen molar-refractivity contribution in [1.82, 2.24) is 9.88 Å². The molecular formula is C21H24N4O4. The van der Waals surface area contributed by atoms with Crippen LogP contribution in [0.3, 0.4) is 0 Å². The third kappa shape index (κ3) is 6.11. The fourth-order valence-corrected chi connectivity index (χ4v) is 3.23. The molecular weight excluding hydrogens is 372 g/mol. The molecule has 0 saturated carbocycles. The zero-order valence-corrected chi connectivity index (χ0v) is 16.1. The van der Waals surface area contributed by atoms with Gasteiger partial charge in [0.25, 0.3) is 5.91 Å². The van der Waals surface area contributed by atoms with Crippen molar-refractivity contribution < 1.29 is 19.5 Å². The minimum atomic E-state index is -1.15. The van der Waals surface area contributed by atoms with E-state index in [1.807, 2.05) is 0 Å². The summed E-state index contributed by atoms with van der Waals surface area (Å²) in [5.41, 5.74) is 1.23. The number of carbonyl (C=O) groups excluding carboxylic acids is 2. The zero-order chi connectivity index (χ0) is 20.6. The number of nitrogens with one attached hydrogen (secondary N) is 2. The Hall–Kier alpha value is -3.26. The third-order valence-corrected chi connectivity index (χ3v) is 4.71. The maximum Gasteiger partial charge on any atom is 0.354 e. The summed E-state index contributed by atoms with van der Waals surface area (Å²) in [4.78, 5) is 41.4. The molecule has 8 heteroatoms. The monoisotopic (exact) mass is 396 g/mol. The Labute approximate surface area is 168 Å². The Kier molecular flexibility index (Phi) is 6.91. The lowest BCUT2D eigenvalue weighted by Gasteiger charge is -2.19. The number of amides is 2. The van der Waals surface area contributed by atoms with E-state index in [0.29, 0.717) is 17.9 Å². The van der Waals surface area contributed by atoms with Crippen LogP contribution in [0, 0.1) is 0 Å². The van der Waals surface area contributed by atoms with E-state index in [9.17, 15) is 14.4 Å². The minimum absolute atomic E-state index is 0.0798. The number of hydrogen-bond donors (Lipinski definition) is 3. The number of rotatable bonds is 6. The summed E-state index contributed by atoms with van der Waals surface area (Å²) in [6, 6.07) is 9.57. The van der Waals surface area contributed by atoms with Crippen molar-refractivity contribution in [2.75, 3.05) is 30.3 Å². The van der Waals surface area contributed by atoms with Crippen LogP contribution in [0.2, 0.25) is 0 Å². The molecule has 3 rings (SSSR count). The summed E-state index contributed by atoms with van der Waals surface area (Å²) >= 11 is 0. The van der Waals surface area contributed by atoms with Gasteiger partial charge in [0.2, 0.25) is 5.91 Å². The van der Waals surface area contributed by atoms with Crippen molar-refractivity contribution in [2.45, 2.75) is 25.7 Å². The van der Waals surface area contributed by atoms with Gasteiger partial charge >= 0.3 is 5.97 Å². The van der Waals surface area contributed by atoms with Crippen molar-refractivity contribution in [3.8, 4) is 0 Å². The molecule has 0 radical (unpaired) electrons. The lowest BCUT2D eigenvalue weighted by atomic mass is 10.2. The third-order valence-electron chi connectivity index (χ3n) is 4.71. The van der Waals surface area contributed by atoms with Gasteiger partial charge in [-0.15, -0.1) is 0 Å². The van der Waals surface area contributed by atoms with Crippen LogP contribution in [0.1, 0.15) is 46.5 Å². The highest BCUT2D eigenvalue weighted by molar-refractivity contribution is 6.04. The van der Waals surface area contributed by atoms with Gasteiger partial charge in [-0.2, -0.15) is 0 Å². The van der Waals surface area contributed by atoms with Gasteiger partial charge in [-0.25, -0.2) is 9.78 Å². The van der Waals surface area contributed by atoms with E-state index in [1.54, 1.807) is 24.3 Å². The first-order valence-corrected chi connectivity index (χ1v) is 9.64. The quantitative estimate of drug-likeness (QED) is 0.692. The summed E-state index contributed by atoms with van der Waals surface area (Å²) < 4.78 is 0. The van der Waals surface area contributed by atoms with Gasteiger partial charge in [-0.05, 0) is 56.3 Å². The summed E-state index contributed by atoms with van der Waals surface area (Å²) in [5, 5.41) is 14.5. The lowest BCUT2D eigenvalue weighted by Crippen LogP contribution is -2.33. The predicted octanol–water partition coefficient (Wildman–Crippen LogP) is 2.85. The van der Waals surface area contributed by atoms with Crippen molar-refractivity contribution >= 4 is 29.2 Å². The van der Waals surface area contributed by atoms with Crippen molar-refractivity contribution in [3.63, 3.8) is 0 Å². The molecule has 29 heavy (non-hydrogen) atoms. The fraction of sp³-hybridized carbons (Fsp3) is 0.333. The summed E-state index contributed by atoms with van der Waals surface area (Å²) in [7, 11) is 0. The number of anilines is 2. The van der Waals surface area contributed by atoms with Crippen molar-refractivity contribution in [3.05, 3.63) is 53.9 Å². The zero-order valence-electron chi connectivity index (χ0n) is 16.1. The van der Waals surface area contributed by atoms with Crippen LogP contribution in [0.4, 0.5) is 11.4 Å². The number of nitrogens with zero attached hydrogens (tertiary/aromatic N) is 2. The molecule has 0 bridgehead atoms. The lowest BCUT2D eigenvalue weighted by molar-refractivity contribution is -0.117. The molecule has 1 aliphatic heterocycles. The molecule has 0 unspecified atom stereocenters. The molecule has 1 aliphatic rings. The summed E-state index contributed by atoms with van der Waals surface area (Å²) in [6.07, 6.45) is 5.89. The average Bonchev–Trinajstić information content (AvgIpc) is 2.97. The Balaban J connectivity index is 1.57. The molecule has 3 N–H and O–H groups in total. The molecule has 1 aromatic heterocycles. The van der Waals surface area contributed by atoms with Crippen molar-refractivity contribution in [1.29, 1.82) is 0 Å². The van der Waals surface area contributed by atoms with Crippen molar-refractivity contribution in [2.24, 2.45) is 0 Å². The molecule has 2 heterocycles. The van der Waals surface area contributed by atoms with Crippen LogP contribution in [-0.2, 0) is 4.79 Å². The number of likely N-dealkylation sites (tertiary alicyclic amines) is 1. The standard InChI is InChI=1S/C21H24N4O4/c26-19(14-25-10-3-1-2-4-11-25)23-16-6-5-7-17(12-16)24-20(27)15-8-9-18(21(28)29)22-13-15/h5-9,12-13H,1-4,10-11,14H2,(H,23,26)(H,24,27)(H,28,29). The van der Waals surface area contributed by atoms with Gasteiger partial charge in [0.05, 0.1) is 12.1 Å². The van der Waals surface area contributed by atoms with Crippen LogP contribution >= 0.6 is 0 Å². The molecule has 0 aliphatic carbocycles. The number of pyridine rings is 1. The molecule has 1 aromatic carbocycles. The second-order valence-corrected chi connectivity index (χ2v) is 7.01. The van der Waals surface area contributed by atoms with Crippen LogP contribution in [0.5, 0.6) is 0 Å². The molecule has 2 aromatic rings. The van der Waals surface area contributed by atoms with E-state index < -0.39 is 11.9 Å². The van der Waals surface area contributed by atoms with E-state index in [4.69, 9.17) is 5.11 Å². The molecule has 1 fully saturated rings. The highest BCUT2D eigenvalue weighted by Gasteiger charge is 2.14. The van der Waals surface area contributed by atoms with E-state index in [-0.39, 0.29) is 17.2 Å². The van der Waals surface area contributed by atoms with Crippen LogP contribution in [-0.4, -0.2) is 52.4 Å². The SMILES string of the molecule is O=C(CN1CCCCCC1)Nc1cccc(NC(=O)c2ccc(C(=O)O)nc2)c1. The Morgan fingerprint density at radius 3 is 2.28 bits per heavy atom. The van der Waals surface area contributed by atoms with Crippen LogP contribution < -0.4 is 10.6 Å². The second-order valence-electron chi connectivity index (χ2n) is 7.01. The number of carbonyl (C=O) groups is 3. The largest absolute Gasteiger partial charge is 0.477 e. The Morgan fingerprint density at radius 1 is 0.966 bits per heavy atom. The smallest absolute Gasteiger partial charge is 0.354 e. The van der Waals surface area contributed by atoms with Gasteiger partial charge < -0.3 is 15.7 Å². The fourth-order valence-electron chi connectivity index (χ4n) is 3.23. The highest BCUT2D eigenvalue weighted by atomic mass is 16.4. The number of aromatic nitrogens is 1. The maximum atomic E-state index is 12.3. The molecule has 0 spiro atoms. The van der Waals surface area contributed by atoms with E-state index >= 15 is 0 Å². The number of aromatic carboxylic acids is 1. The molecule has 8 nitrogen and oxygen atoms in total. The van der Waals surface area contributed by atoms with Gasteiger partial charge in [0, 0.05) is 17.6 Å². The average molecular weight is 396 g/mol. The van der Waals surface area contributed by atoms with E-state index in [1.165, 1.54) is 31.2 Å². The molecule has 1 saturated heterocycles. The Morgan fingerprint density at radius 2 is 1.66 bits per heavy atom. The van der Waals surface area contributed by atoms with E-state index in [2.05, 4.69) is 20.5 Å². The maximum absolute atomic E-state index is 12.3. The summed E-state index contributed by atoms with van der Waals surface area (Å²) in [6.45, 7) is 2.24. The molecule has 152 valence electrons. The minimum Gasteiger partial charge on any atom is -0.477 e. The first kappa shape index (κ1) is 20.5. The molecule has 2 amide bonds. The first-order chi connectivity index (χ1) is 14.0. The molecule has 0 atom stereocenters. The summed E-state index contributed by atoms with van der Waals surface area (Å²) in [5.74, 6) is -1.65.